The molecule has 0 amide bonds. The maximum atomic E-state index is 2.47. The highest BCUT2D eigenvalue weighted by Gasteiger charge is 2.35. The molecule has 0 spiro atoms. The summed E-state index contributed by atoms with van der Waals surface area (Å²) in [6, 6.07) is 63.5. The lowest BCUT2D eigenvalue weighted by Gasteiger charge is -2.24. The highest BCUT2D eigenvalue weighted by molar-refractivity contribution is 6.22. The molecule has 0 N–H and O–H groups in total. The molecule has 11 rings (SSSR count). The second-order valence-corrected chi connectivity index (χ2v) is 15.8. The summed E-state index contributed by atoms with van der Waals surface area (Å²) >= 11 is 0. The zero-order valence-corrected chi connectivity index (χ0v) is 31.3. The molecular formula is C54H39N. The molecule has 1 aliphatic heterocycles. The van der Waals surface area contributed by atoms with Crippen LogP contribution in [0.2, 0.25) is 0 Å². The van der Waals surface area contributed by atoms with Gasteiger partial charge in [0, 0.05) is 23.8 Å². The molecule has 0 atom stereocenters. The lowest BCUT2D eigenvalue weighted by molar-refractivity contribution is 0.660. The van der Waals surface area contributed by atoms with Gasteiger partial charge in [-0.1, -0.05) is 166 Å². The summed E-state index contributed by atoms with van der Waals surface area (Å²) in [6.07, 6.45) is 4.49. The van der Waals surface area contributed by atoms with Crippen LogP contribution in [0.4, 0.5) is 11.4 Å². The average Bonchev–Trinajstić information content (AvgIpc) is 3.36. The van der Waals surface area contributed by atoms with E-state index < -0.39 is 0 Å². The molecule has 2 aliphatic rings. The van der Waals surface area contributed by atoms with Crippen LogP contribution in [-0.2, 0) is 5.41 Å². The molecule has 0 aromatic heterocycles. The van der Waals surface area contributed by atoms with E-state index in [0.717, 1.165) is 0 Å². The predicted molar refractivity (Wildman–Crippen MR) is 236 cm³/mol. The molecular weight excluding hydrogens is 663 g/mol. The van der Waals surface area contributed by atoms with Crippen molar-refractivity contribution in [1.29, 1.82) is 0 Å². The smallest absolute Gasteiger partial charge is 0.0488 e. The Labute approximate surface area is 322 Å². The van der Waals surface area contributed by atoms with Crippen molar-refractivity contribution in [2.24, 2.45) is 0 Å². The molecule has 9 aromatic carbocycles. The molecule has 0 unspecified atom stereocenters. The van der Waals surface area contributed by atoms with E-state index in [2.05, 4.69) is 208 Å². The number of nitrogens with zero attached hydrogens (tertiary/aromatic N) is 1. The van der Waals surface area contributed by atoms with Crippen molar-refractivity contribution in [2.45, 2.75) is 19.3 Å². The summed E-state index contributed by atoms with van der Waals surface area (Å²) in [5.41, 5.74) is 17.7. The van der Waals surface area contributed by atoms with E-state index in [4.69, 9.17) is 0 Å². The lowest BCUT2D eigenvalue weighted by atomic mass is 9.81. The molecule has 1 aliphatic carbocycles. The van der Waals surface area contributed by atoms with Crippen LogP contribution in [0.25, 0.3) is 89.0 Å². The lowest BCUT2D eigenvalue weighted by Crippen LogP contribution is -2.14. The molecule has 0 fully saturated rings. The highest BCUT2D eigenvalue weighted by Crippen LogP contribution is 2.52. The van der Waals surface area contributed by atoms with Crippen LogP contribution in [0.3, 0.4) is 0 Å². The van der Waals surface area contributed by atoms with Crippen molar-refractivity contribution in [2.75, 3.05) is 11.9 Å². The number of para-hydroxylation sites is 1. The number of hydrogen-bond donors (Lipinski definition) is 0. The van der Waals surface area contributed by atoms with Gasteiger partial charge in [0.15, 0.2) is 0 Å². The summed E-state index contributed by atoms with van der Waals surface area (Å²) in [5.74, 6) is 0. The molecule has 1 nitrogen and oxygen atoms in total. The van der Waals surface area contributed by atoms with Gasteiger partial charge in [-0.2, -0.15) is 0 Å². The Morgan fingerprint density at radius 1 is 0.382 bits per heavy atom. The van der Waals surface area contributed by atoms with E-state index in [-0.39, 0.29) is 5.41 Å². The van der Waals surface area contributed by atoms with E-state index in [1.165, 1.54) is 110 Å². The fourth-order valence-corrected chi connectivity index (χ4v) is 9.60. The fraction of sp³-hybridized carbons (Fsp3) is 0.0741. The Hall–Kier alpha value is -6.70. The van der Waals surface area contributed by atoms with Gasteiger partial charge in [0.1, 0.15) is 0 Å². The topological polar surface area (TPSA) is 3.24 Å². The third-order valence-corrected chi connectivity index (χ3v) is 12.4. The van der Waals surface area contributed by atoms with E-state index >= 15 is 0 Å². The van der Waals surface area contributed by atoms with Crippen molar-refractivity contribution in [3.63, 3.8) is 0 Å². The summed E-state index contributed by atoms with van der Waals surface area (Å²) < 4.78 is 0. The monoisotopic (exact) mass is 701 g/mol. The predicted octanol–water partition coefficient (Wildman–Crippen LogP) is 14.7. The standard InChI is InChI=1S/C54H39N/c1-54(2)48-18-10-9-15-42(48)46-32-40(27-29-49(46)54)53-44-17-8-7-16-43(44)52(41-25-23-36-22-21-35-13-6-11-19-50(35)55(3)51(36)33-41)45-28-26-39(31-47(45)53)38-24-20-34-12-4-5-14-37(34)30-38/h4-33H,1-3H3. The molecule has 0 radical (unpaired) electrons. The van der Waals surface area contributed by atoms with Gasteiger partial charge in [-0.15, -0.1) is 0 Å². The SMILES string of the molecule is CN1c2ccccc2C=Cc2ccc(-c3c4ccccc4c(-c4ccc5c(c4)-c4ccccc4C5(C)C)c4cc(-c5ccc6ccccc6c5)ccc34)cc21. The molecule has 260 valence electrons. The van der Waals surface area contributed by atoms with Gasteiger partial charge in [-0.3, -0.25) is 0 Å². The minimum atomic E-state index is -0.0457. The van der Waals surface area contributed by atoms with Crippen LogP contribution in [0.15, 0.2) is 170 Å². The first-order chi connectivity index (χ1) is 26.9. The highest BCUT2D eigenvalue weighted by atomic mass is 15.1. The third kappa shape index (κ3) is 4.79. The van der Waals surface area contributed by atoms with E-state index in [0.29, 0.717) is 0 Å². The molecule has 0 bridgehead atoms. The number of benzene rings is 9. The molecule has 1 heteroatoms. The van der Waals surface area contributed by atoms with Crippen molar-refractivity contribution in [1.82, 2.24) is 0 Å². The molecule has 1 heterocycles. The van der Waals surface area contributed by atoms with Gasteiger partial charge < -0.3 is 4.90 Å². The van der Waals surface area contributed by atoms with Gasteiger partial charge >= 0.3 is 0 Å². The normalized spacial score (nSPS) is 13.8. The molecule has 55 heavy (non-hydrogen) atoms. The van der Waals surface area contributed by atoms with Gasteiger partial charge in [0.05, 0.1) is 0 Å². The minimum Gasteiger partial charge on any atom is -0.344 e. The van der Waals surface area contributed by atoms with Crippen LogP contribution in [0, 0.1) is 0 Å². The van der Waals surface area contributed by atoms with E-state index in [1.807, 2.05) is 0 Å². The van der Waals surface area contributed by atoms with Crippen LogP contribution in [-0.4, -0.2) is 7.05 Å². The zero-order chi connectivity index (χ0) is 36.8. The van der Waals surface area contributed by atoms with E-state index in [1.54, 1.807) is 0 Å². The zero-order valence-electron chi connectivity index (χ0n) is 31.3. The Bertz CT molecular complexity index is 3090. The van der Waals surface area contributed by atoms with Crippen LogP contribution in [0.5, 0.6) is 0 Å². The van der Waals surface area contributed by atoms with Gasteiger partial charge in [0.2, 0.25) is 0 Å². The fourth-order valence-electron chi connectivity index (χ4n) is 9.60. The maximum absolute atomic E-state index is 2.47. The van der Waals surface area contributed by atoms with Crippen molar-refractivity contribution < 1.29 is 0 Å². The summed E-state index contributed by atoms with van der Waals surface area (Å²) in [7, 11) is 2.19. The van der Waals surface area contributed by atoms with Crippen LogP contribution in [0.1, 0.15) is 36.1 Å². The van der Waals surface area contributed by atoms with Crippen LogP contribution < -0.4 is 4.90 Å². The Kier molecular flexibility index (Phi) is 6.88. The minimum absolute atomic E-state index is 0.0457. The molecule has 9 aromatic rings. The summed E-state index contributed by atoms with van der Waals surface area (Å²) in [5, 5.41) is 7.55. The number of rotatable bonds is 3. The maximum Gasteiger partial charge on any atom is 0.0488 e. The van der Waals surface area contributed by atoms with Crippen molar-refractivity contribution >= 4 is 55.8 Å². The summed E-state index contributed by atoms with van der Waals surface area (Å²) in [6.45, 7) is 4.72. The second kappa shape index (κ2) is 11.9. The van der Waals surface area contributed by atoms with E-state index in [9.17, 15) is 0 Å². The molecule has 0 saturated heterocycles. The third-order valence-electron chi connectivity index (χ3n) is 12.4. The number of hydrogen-bond acceptors (Lipinski definition) is 1. The van der Waals surface area contributed by atoms with Crippen LogP contribution >= 0.6 is 0 Å². The summed E-state index contributed by atoms with van der Waals surface area (Å²) in [4.78, 5) is 2.34. The van der Waals surface area contributed by atoms with Gasteiger partial charge in [0.25, 0.3) is 0 Å². The number of fused-ring (bicyclic) bond motifs is 8. The van der Waals surface area contributed by atoms with Crippen molar-refractivity contribution in [3.05, 3.63) is 192 Å². The Morgan fingerprint density at radius 3 is 1.82 bits per heavy atom. The molecule has 0 saturated carbocycles. The average molecular weight is 702 g/mol. The Balaban J connectivity index is 1.20. The number of anilines is 2. The largest absolute Gasteiger partial charge is 0.344 e. The first-order valence-electron chi connectivity index (χ1n) is 19.3. The first kappa shape index (κ1) is 31.8. The van der Waals surface area contributed by atoms with Gasteiger partial charge in [-0.25, -0.2) is 0 Å². The van der Waals surface area contributed by atoms with Gasteiger partial charge in [-0.05, 0) is 129 Å². The van der Waals surface area contributed by atoms with Crippen molar-refractivity contribution in [3.8, 4) is 44.5 Å². The second-order valence-electron chi connectivity index (χ2n) is 15.8. The first-order valence-corrected chi connectivity index (χ1v) is 19.3. The Morgan fingerprint density at radius 2 is 0.964 bits per heavy atom. The quantitative estimate of drug-likeness (QED) is 0.166.